The van der Waals surface area contributed by atoms with Crippen LogP contribution in [0, 0.1) is 0 Å². The highest BCUT2D eigenvalue weighted by Crippen LogP contribution is 2.20. The Morgan fingerprint density at radius 1 is 1.19 bits per heavy atom. The molecule has 0 bridgehead atoms. The summed E-state index contributed by atoms with van der Waals surface area (Å²) in [5.41, 5.74) is 0. The van der Waals surface area contributed by atoms with Crippen molar-refractivity contribution >= 4 is 11.9 Å². The summed E-state index contributed by atoms with van der Waals surface area (Å²) in [6.07, 6.45) is 4.25. The van der Waals surface area contributed by atoms with E-state index in [1.807, 2.05) is 0 Å². The van der Waals surface area contributed by atoms with E-state index in [-0.39, 0.29) is 11.9 Å². The lowest BCUT2D eigenvalue weighted by Gasteiger charge is -2.34. The van der Waals surface area contributed by atoms with Crippen LogP contribution < -0.4 is 5.32 Å². The van der Waals surface area contributed by atoms with E-state index in [4.69, 9.17) is 5.11 Å². The van der Waals surface area contributed by atoms with Gasteiger partial charge >= 0.3 is 5.97 Å². The first-order valence-corrected chi connectivity index (χ1v) is 5.97. The number of likely N-dealkylation sites (tertiary alicyclic amines) is 1. The molecule has 2 atom stereocenters. The van der Waals surface area contributed by atoms with Gasteiger partial charge in [0.25, 0.3) is 0 Å². The van der Waals surface area contributed by atoms with Crippen LogP contribution in [-0.4, -0.2) is 47.1 Å². The van der Waals surface area contributed by atoms with Gasteiger partial charge in [-0.25, -0.2) is 4.79 Å². The molecule has 0 spiro atoms. The monoisotopic (exact) mass is 226 g/mol. The van der Waals surface area contributed by atoms with E-state index in [1.165, 1.54) is 0 Å². The minimum Gasteiger partial charge on any atom is -0.480 e. The van der Waals surface area contributed by atoms with Crippen molar-refractivity contribution in [3.8, 4) is 0 Å². The van der Waals surface area contributed by atoms with Crippen LogP contribution in [-0.2, 0) is 9.59 Å². The van der Waals surface area contributed by atoms with Crippen molar-refractivity contribution in [3.63, 3.8) is 0 Å². The number of aliphatic carboxylic acids is 1. The molecule has 2 aliphatic heterocycles. The molecule has 2 unspecified atom stereocenters. The Hall–Kier alpha value is -1.10. The van der Waals surface area contributed by atoms with E-state index in [1.54, 1.807) is 4.90 Å². The van der Waals surface area contributed by atoms with Crippen molar-refractivity contribution in [3.05, 3.63) is 0 Å². The zero-order valence-electron chi connectivity index (χ0n) is 9.32. The number of carboxylic acids is 1. The highest BCUT2D eigenvalue weighted by molar-refractivity contribution is 5.87. The summed E-state index contributed by atoms with van der Waals surface area (Å²) in [6.45, 7) is 1.45. The van der Waals surface area contributed by atoms with E-state index in [0.717, 1.165) is 32.2 Å². The first-order chi connectivity index (χ1) is 7.70. The molecule has 2 heterocycles. The molecule has 0 aromatic heterocycles. The van der Waals surface area contributed by atoms with E-state index >= 15 is 0 Å². The number of rotatable bonds is 2. The van der Waals surface area contributed by atoms with E-state index < -0.39 is 12.0 Å². The van der Waals surface area contributed by atoms with Gasteiger partial charge in [-0.1, -0.05) is 0 Å². The Morgan fingerprint density at radius 2 is 2.00 bits per heavy atom. The molecule has 2 N–H and O–H groups in total. The summed E-state index contributed by atoms with van der Waals surface area (Å²) >= 11 is 0. The number of hydrogen-bond donors (Lipinski definition) is 2. The molecule has 2 fully saturated rings. The second-order valence-electron chi connectivity index (χ2n) is 4.53. The summed E-state index contributed by atoms with van der Waals surface area (Å²) in [5, 5.41) is 12.2. The minimum absolute atomic E-state index is 0.0235. The van der Waals surface area contributed by atoms with Crippen LogP contribution in [0.5, 0.6) is 0 Å². The van der Waals surface area contributed by atoms with Crippen LogP contribution in [0.3, 0.4) is 0 Å². The molecule has 2 saturated heterocycles. The van der Waals surface area contributed by atoms with Gasteiger partial charge in [0.1, 0.15) is 6.04 Å². The Kier molecular flexibility index (Phi) is 3.43. The maximum atomic E-state index is 12.1. The van der Waals surface area contributed by atoms with Crippen molar-refractivity contribution in [1.82, 2.24) is 10.2 Å². The largest absolute Gasteiger partial charge is 0.480 e. The maximum absolute atomic E-state index is 12.1. The number of carbonyl (C=O) groups is 2. The van der Waals surface area contributed by atoms with Crippen LogP contribution in [0.4, 0.5) is 0 Å². The summed E-state index contributed by atoms with van der Waals surface area (Å²) < 4.78 is 0. The van der Waals surface area contributed by atoms with Crippen molar-refractivity contribution in [2.24, 2.45) is 0 Å². The molecule has 0 radical (unpaired) electrons. The third-order valence-corrected chi connectivity index (χ3v) is 3.43. The Balaban J connectivity index is 2.04. The highest BCUT2D eigenvalue weighted by Gasteiger charge is 2.35. The van der Waals surface area contributed by atoms with E-state index in [2.05, 4.69) is 5.32 Å². The molecule has 0 aliphatic carbocycles. The van der Waals surface area contributed by atoms with Crippen LogP contribution in [0.15, 0.2) is 0 Å². The number of carbonyl (C=O) groups excluding carboxylic acids is 1. The van der Waals surface area contributed by atoms with Gasteiger partial charge in [-0.2, -0.15) is 0 Å². The van der Waals surface area contributed by atoms with Crippen LogP contribution in [0.1, 0.15) is 32.1 Å². The second-order valence-corrected chi connectivity index (χ2v) is 4.53. The van der Waals surface area contributed by atoms with Crippen molar-refractivity contribution in [2.75, 3.05) is 13.1 Å². The Bertz CT molecular complexity index is 287. The van der Waals surface area contributed by atoms with Crippen LogP contribution in [0.2, 0.25) is 0 Å². The van der Waals surface area contributed by atoms with Gasteiger partial charge in [-0.3, -0.25) is 4.79 Å². The zero-order chi connectivity index (χ0) is 11.5. The number of nitrogens with one attached hydrogen (secondary N) is 1. The zero-order valence-corrected chi connectivity index (χ0v) is 9.32. The molecule has 1 amide bonds. The highest BCUT2D eigenvalue weighted by atomic mass is 16.4. The predicted octanol–water partition coefficient (Wildman–Crippen LogP) is 0.204. The van der Waals surface area contributed by atoms with Gasteiger partial charge in [0, 0.05) is 6.54 Å². The molecule has 0 saturated carbocycles. The average Bonchev–Trinajstić information content (AvgIpc) is 2.81. The van der Waals surface area contributed by atoms with Gasteiger partial charge in [0.2, 0.25) is 5.91 Å². The summed E-state index contributed by atoms with van der Waals surface area (Å²) in [7, 11) is 0. The smallest absolute Gasteiger partial charge is 0.326 e. The van der Waals surface area contributed by atoms with E-state index in [9.17, 15) is 9.59 Å². The standard InChI is InChI=1S/C11H18N2O3/c14-10(8-4-3-6-12-8)13-7-2-1-5-9(13)11(15)16/h8-9,12H,1-7H2,(H,15,16). The Morgan fingerprint density at radius 3 is 2.62 bits per heavy atom. The third-order valence-electron chi connectivity index (χ3n) is 3.43. The fraction of sp³-hybridized carbons (Fsp3) is 0.818. The minimum atomic E-state index is -0.869. The number of nitrogens with zero attached hydrogens (tertiary/aromatic N) is 1. The van der Waals surface area contributed by atoms with Gasteiger partial charge in [0.05, 0.1) is 6.04 Å². The lowest BCUT2D eigenvalue weighted by Crippen LogP contribution is -2.53. The number of carboxylic acid groups (broad SMARTS) is 1. The average molecular weight is 226 g/mol. The topological polar surface area (TPSA) is 69.6 Å². The molecule has 0 aromatic carbocycles. The lowest BCUT2D eigenvalue weighted by atomic mass is 10.0. The van der Waals surface area contributed by atoms with Crippen LogP contribution in [0.25, 0.3) is 0 Å². The molecular formula is C11H18N2O3. The fourth-order valence-corrected chi connectivity index (χ4v) is 2.55. The summed E-state index contributed by atoms with van der Waals surface area (Å²) in [5.74, 6) is -0.893. The number of hydrogen-bond acceptors (Lipinski definition) is 3. The molecule has 90 valence electrons. The molecular weight excluding hydrogens is 208 g/mol. The normalized spacial score (nSPS) is 30.4. The van der Waals surface area contributed by atoms with Crippen LogP contribution >= 0.6 is 0 Å². The summed E-state index contributed by atoms with van der Waals surface area (Å²) in [6, 6.07) is -0.761. The van der Waals surface area contributed by atoms with Gasteiger partial charge in [-0.05, 0) is 38.6 Å². The molecule has 5 heteroatoms. The first-order valence-electron chi connectivity index (χ1n) is 5.97. The molecule has 0 aromatic rings. The van der Waals surface area contributed by atoms with Gasteiger partial charge < -0.3 is 15.3 Å². The second kappa shape index (κ2) is 4.82. The Labute approximate surface area is 94.8 Å². The van der Waals surface area contributed by atoms with Crippen molar-refractivity contribution < 1.29 is 14.7 Å². The molecule has 16 heavy (non-hydrogen) atoms. The molecule has 2 rings (SSSR count). The fourth-order valence-electron chi connectivity index (χ4n) is 2.55. The lowest BCUT2D eigenvalue weighted by molar-refractivity contribution is -0.152. The number of piperidine rings is 1. The number of amides is 1. The summed E-state index contributed by atoms with van der Waals surface area (Å²) in [4.78, 5) is 24.7. The third kappa shape index (κ3) is 2.19. The van der Waals surface area contributed by atoms with Gasteiger partial charge in [0.15, 0.2) is 0 Å². The molecule has 2 aliphatic rings. The van der Waals surface area contributed by atoms with E-state index in [0.29, 0.717) is 13.0 Å². The SMILES string of the molecule is O=C(O)C1CCCCN1C(=O)C1CCCN1. The molecule has 5 nitrogen and oxygen atoms in total. The van der Waals surface area contributed by atoms with Crippen molar-refractivity contribution in [2.45, 2.75) is 44.2 Å². The van der Waals surface area contributed by atoms with Gasteiger partial charge in [-0.15, -0.1) is 0 Å². The maximum Gasteiger partial charge on any atom is 0.326 e. The van der Waals surface area contributed by atoms with Crippen molar-refractivity contribution in [1.29, 1.82) is 0 Å². The quantitative estimate of drug-likeness (QED) is 0.706. The first kappa shape index (κ1) is 11.4. The predicted molar refractivity (Wildman–Crippen MR) is 58.0 cm³/mol.